The standard InChI is InChI=1S/C15H17N3O2S2/c1-9-12(22-15(18-9)11-4-7-21-8-11)14(20)17-6-5-16-13(19)10-2-3-10/h4,7-8,10H,2-3,5-6H2,1H3,(H,16,19)(H,17,20). The van der Waals surface area contributed by atoms with Gasteiger partial charge in [0, 0.05) is 30.0 Å². The van der Waals surface area contributed by atoms with E-state index < -0.39 is 0 Å². The lowest BCUT2D eigenvalue weighted by Crippen LogP contribution is -2.35. The summed E-state index contributed by atoms with van der Waals surface area (Å²) in [6.07, 6.45) is 1.98. The Morgan fingerprint density at radius 1 is 1.32 bits per heavy atom. The van der Waals surface area contributed by atoms with Gasteiger partial charge in [-0.1, -0.05) is 0 Å². The maximum atomic E-state index is 12.2. The van der Waals surface area contributed by atoms with Crippen LogP contribution in [0.4, 0.5) is 0 Å². The third-order valence-corrected chi connectivity index (χ3v) is 5.32. The van der Waals surface area contributed by atoms with E-state index in [1.165, 1.54) is 11.3 Å². The minimum absolute atomic E-state index is 0.1000. The molecule has 22 heavy (non-hydrogen) atoms. The van der Waals surface area contributed by atoms with E-state index in [0.717, 1.165) is 29.1 Å². The van der Waals surface area contributed by atoms with Crippen LogP contribution in [0.15, 0.2) is 16.8 Å². The summed E-state index contributed by atoms with van der Waals surface area (Å²) < 4.78 is 0. The molecule has 2 amide bonds. The van der Waals surface area contributed by atoms with Crippen molar-refractivity contribution in [1.29, 1.82) is 0 Å². The lowest BCUT2D eigenvalue weighted by atomic mass is 10.3. The fraction of sp³-hybridized carbons (Fsp3) is 0.400. The van der Waals surface area contributed by atoms with Crippen LogP contribution in [0, 0.1) is 12.8 Å². The van der Waals surface area contributed by atoms with Gasteiger partial charge in [-0.2, -0.15) is 11.3 Å². The highest BCUT2D eigenvalue weighted by Gasteiger charge is 2.29. The van der Waals surface area contributed by atoms with Crippen LogP contribution in [0.3, 0.4) is 0 Å². The van der Waals surface area contributed by atoms with Gasteiger partial charge in [0.05, 0.1) is 5.69 Å². The van der Waals surface area contributed by atoms with Gasteiger partial charge in [0.15, 0.2) is 0 Å². The highest BCUT2D eigenvalue weighted by atomic mass is 32.1. The lowest BCUT2D eigenvalue weighted by Gasteiger charge is -2.05. The molecule has 7 heteroatoms. The Bertz CT molecular complexity index is 675. The summed E-state index contributed by atoms with van der Waals surface area (Å²) in [7, 11) is 0. The van der Waals surface area contributed by atoms with Crippen LogP contribution in [0.5, 0.6) is 0 Å². The first-order valence-electron chi connectivity index (χ1n) is 7.21. The third kappa shape index (κ3) is 3.53. The minimum Gasteiger partial charge on any atom is -0.354 e. The normalized spacial score (nSPS) is 13.9. The van der Waals surface area contributed by atoms with E-state index in [0.29, 0.717) is 18.0 Å². The van der Waals surface area contributed by atoms with Crippen molar-refractivity contribution in [3.63, 3.8) is 0 Å². The summed E-state index contributed by atoms with van der Waals surface area (Å²) in [4.78, 5) is 28.8. The second kappa shape index (κ2) is 6.58. The van der Waals surface area contributed by atoms with Gasteiger partial charge in [0.25, 0.3) is 5.91 Å². The molecule has 2 aromatic heterocycles. The number of carbonyl (C=O) groups excluding carboxylic acids is 2. The Morgan fingerprint density at radius 2 is 2.09 bits per heavy atom. The Kier molecular flexibility index (Phi) is 4.54. The summed E-state index contributed by atoms with van der Waals surface area (Å²) in [6, 6.07) is 2.00. The number of nitrogens with zero attached hydrogens (tertiary/aromatic N) is 1. The second-order valence-corrected chi connectivity index (χ2v) is 7.05. The molecule has 0 radical (unpaired) electrons. The number of thiophene rings is 1. The van der Waals surface area contributed by atoms with Crippen molar-refractivity contribution in [2.75, 3.05) is 13.1 Å². The van der Waals surface area contributed by atoms with E-state index in [4.69, 9.17) is 0 Å². The molecule has 0 bridgehead atoms. The molecule has 1 saturated carbocycles. The Morgan fingerprint density at radius 3 is 2.77 bits per heavy atom. The molecular weight excluding hydrogens is 318 g/mol. The van der Waals surface area contributed by atoms with E-state index in [1.807, 2.05) is 23.8 Å². The van der Waals surface area contributed by atoms with E-state index in [1.54, 1.807) is 11.3 Å². The van der Waals surface area contributed by atoms with E-state index >= 15 is 0 Å². The monoisotopic (exact) mass is 335 g/mol. The number of amides is 2. The summed E-state index contributed by atoms with van der Waals surface area (Å²) in [5.74, 6) is 0.174. The number of hydrogen-bond donors (Lipinski definition) is 2. The first-order chi connectivity index (χ1) is 10.6. The van der Waals surface area contributed by atoms with Gasteiger partial charge in [-0.25, -0.2) is 4.98 Å². The smallest absolute Gasteiger partial charge is 0.263 e. The first-order valence-corrected chi connectivity index (χ1v) is 8.97. The van der Waals surface area contributed by atoms with Gasteiger partial charge in [0.1, 0.15) is 9.88 Å². The van der Waals surface area contributed by atoms with Crippen molar-refractivity contribution < 1.29 is 9.59 Å². The Balaban J connectivity index is 1.52. The number of rotatable bonds is 6. The molecule has 0 saturated heterocycles. The van der Waals surface area contributed by atoms with Crippen LogP contribution in [0.25, 0.3) is 10.6 Å². The predicted molar refractivity (Wildman–Crippen MR) is 88.2 cm³/mol. The minimum atomic E-state index is -0.128. The molecule has 0 atom stereocenters. The first kappa shape index (κ1) is 15.2. The van der Waals surface area contributed by atoms with Crippen molar-refractivity contribution in [3.8, 4) is 10.6 Å². The van der Waals surface area contributed by atoms with Crippen molar-refractivity contribution in [2.24, 2.45) is 5.92 Å². The molecule has 0 aromatic carbocycles. The molecule has 0 unspecified atom stereocenters. The molecular formula is C15H17N3O2S2. The van der Waals surface area contributed by atoms with E-state index in [9.17, 15) is 9.59 Å². The van der Waals surface area contributed by atoms with Crippen molar-refractivity contribution in [1.82, 2.24) is 15.6 Å². The lowest BCUT2D eigenvalue weighted by molar-refractivity contribution is -0.122. The van der Waals surface area contributed by atoms with Crippen LogP contribution in [-0.2, 0) is 4.79 Å². The number of carbonyl (C=O) groups is 2. The molecule has 2 aromatic rings. The summed E-state index contributed by atoms with van der Waals surface area (Å²) in [5.41, 5.74) is 1.79. The number of hydrogen-bond acceptors (Lipinski definition) is 5. The molecule has 5 nitrogen and oxygen atoms in total. The van der Waals surface area contributed by atoms with Gasteiger partial charge >= 0.3 is 0 Å². The highest BCUT2D eigenvalue weighted by Crippen LogP contribution is 2.29. The molecule has 1 fully saturated rings. The number of aromatic nitrogens is 1. The molecule has 2 heterocycles. The van der Waals surface area contributed by atoms with Crippen molar-refractivity contribution in [3.05, 3.63) is 27.4 Å². The van der Waals surface area contributed by atoms with Crippen LogP contribution in [0.1, 0.15) is 28.2 Å². The number of thiazole rings is 1. The SMILES string of the molecule is Cc1nc(-c2ccsc2)sc1C(=O)NCCNC(=O)C1CC1. The van der Waals surface area contributed by atoms with Crippen LogP contribution in [-0.4, -0.2) is 29.9 Å². The highest BCUT2D eigenvalue weighted by molar-refractivity contribution is 7.17. The number of aryl methyl sites for hydroxylation is 1. The largest absolute Gasteiger partial charge is 0.354 e. The van der Waals surface area contributed by atoms with Crippen LogP contribution < -0.4 is 10.6 Å². The van der Waals surface area contributed by atoms with E-state index in [-0.39, 0.29) is 17.7 Å². The molecule has 2 N–H and O–H groups in total. The third-order valence-electron chi connectivity index (χ3n) is 3.43. The van der Waals surface area contributed by atoms with Crippen molar-refractivity contribution >= 4 is 34.5 Å². The fourth-order valence-electron chi connectivity index (χ4n) is 2.05. The second-order valence-electron chi connectivity index (χ2n) is 5.27. The van der Waals surface area contributed by atoms with Gasteiger partial charge < -0.3 is 10.6 Å². The summed E-state index contributed by atoms with van der Waals surface area (Å²) >= 11 is 3.01. The summed E-state index contributed by atoms with van der Waals surface area (Å²) in [5, 5.41) is 10.5. The molecule has 116 valence electrons. The van der Waals surface area contributed by atoms with Gasteiger partial charge in [-0.3, -0.25) is 9.59 Å². The van der Waals surface area contributed by atoms with Gasteiger partial charge in [0.2, 0.25) is 5.91 Å². The van der Waals surface area contributed by atoms with E-state index in [2.05, 4.69) is 15.6 Å². The Hall–Kier alpha value is -1.73. The summed E-state index contributed by atoms with van der Waals surface area (Å²) in [6.45, 7) is 2.74. The van der Waals surface area contributed by atoms with Gasteiger partial charge in [-0.15, -0.1) is 11.3 Å². The zero-order valence-corrected chi connectivity index (χ0v) is 13.9. The molecule has 0 aliphatic heterocycles. The number of nitrogens with one attached hydrogen (secondary N) is 2. The van der Waals surface area contributed by atoms with Gasteiger partial charge in [-0.05, 0) is 31.2 Å². The average molecular weight is 335 g/mol. The predicted octanol–water partition coefficient (Wildman–Crippen LogP) is 2.44. The van der Waals surface area contributed by atoms with Crippen LogP contribution in [0.2, 0.25) is 0 Å². The maximum absolute atomic E-state index is 12.2. The zero-order chi connectivity index (χ0) is 15.5. The zero-order valence-electron chi connectivity index (χ0n) is 12.2. The fourth-order valence-corrected chi connectivity index (χ4v) is 3.74. The van der Waals surface area contributed by atoms with Crippen molar-refractivity contribution in [2.45, 2.75) is 19.8 Å². The molecule has 1 aliphatic carbocycles. The molecule has 3 rings (SSSR count). The average Bonchev–Trinajstić information content (AvgIpc) is 3.06. The Labute approximate surface area is 136 Å². The molecule has 0 spiro atoms. The topological polar surface area (TPSA) is 71.1 Å². The quantitative estimate of drug-likeness (QED) is 0.797. The van der Waals surface area contributed by atoms with Crippen LogP contribution >= 0.6 is 22.7 Å². The maximum Gasteiger partial charge on any atom is 0.263 e. The molecule has 1 aliphatic rings.